The van der Waals surface area contributed by atoms with Gasteiger partial charge in [0.1, 0.15) is 60.8 Å². The molecule has 2 aliphatic carbocycles. The van der Waals surface area contributed by atoms with Crippen LogP contribution in [0, 0.1) is 64.8 Å². The number of piperidine rings is 2. The van der Waals surface area contributed by atoms with E-state index >= 15 is 0 Å². The number of aliphatic carboxylic acids is 4. The Labute approximate surface area is 747 Å². The first-order valence-corrected chi connectivity index (χ1v) is 44.4. The molecule has 668 valence electrons. The fourth-order valence-electron chi connectivity index (χ4n) is 18.6. The summed E-state index contributed by atoms with van der Waals surface area (Å²) in [7, 11) is -7.21. The second-order valence-electron chi connectivity index (χ2n) is 32.9. The summed E-state index contributed by atoms with van der Waals surface area (Å²) >= 11 is 0. The average Bonchev–Trinajstić information content (AvgIpc) is 1.61. The first-order chi connectivity index (χ1) is 60.2. The minimum atomic E-state index is -3.65. The van der Waals surface area contributed by atoms with Crippen LogP contribution in [0.1, 0.15) is 152 Å². The van der Waals surface area contributed by atoms with Crippen molar-refractivity contribution in [1.29, 1.82) is 0 Å². The van der Waals surface area contributed by atoms with Crippen LogP contribution >= 0.6 is 24.8 Å². The molecule has 1 unspecified atom stereocenters. The number of fused-ring (bicyclic) bond motifs is 6. The Morgan fingerprint density at radius 2 is 0.758 bits per heavy atom. The van der Waals surface area contributed by atoms with E-state index in [1.807, 2.05) is 90.1 Å². The summed E-state index contributed by atoms with van der Waals surface area (Å²) in [5.74, 6) is -5.65. The van der Waals surface area contributed by atoms with E-state index in [9.17, 15) is 83.6 Å². The molecule has 18 rings (SSSR count). The SMILES string of the molecule is Cc1c(C2CC(NC(=O)c3ccc4ccccc4n3)C2)c2cc(F)ccc2n1CC(=O)O.Cc1c(C2CC(NC(=O)c3ccc4cccnc4n3)C2)c2cc(F)ccc2n1CC(=O)O.Cc1ccc(S(=O)(=O)N2CCC(c3c(C)n(CC(=O)O)c4ccc(F)cc34)CC2)cc1.Cc1ccc(S(=O)(=O)N2CCCC(c3c(C)n(CC(=O)O)c4ccc(F)cc34)C2)cc1.Cl.Cl. The predicted octanol–water partition coefficient (Wildman–Crippen LogP) is 17.1. The number of benzene rings is 7. The minimum absolute atomic E-state index is 0. The topological polar surface area (TPSA) is 341 Å². The molecule has 25 nitrogen and oxygen atoms in total. The van der Waals surface area contributed by atoms with Crippen molar-refractivity contribution in [2.45, 2.75) is 165 Å². The molecule has 2 aliphatic heterocycles. The van der Waals surface area contributed by atoms with Gasteiger partial charge in [-0.3, -0.25) is 28.8 Å². The van der Waals surface area contributed by atoms with Crippen molar-refractivity contribution in [3.63, 3.8) is 0 Å². The number of amides is 2. The first-order valence-electron chi connectivity index (χ1n) is 41.5. The number of nitrogens with zero attached hydrogens (tertiary/aromatic N) is 9. The van der Waals surface area contributed by atoms with Crippen molar-refractivity contribution in [1.82, 2.24) is 52.5 Å². The number of carbonyl (C=O) groups is 6. The first kappa shape index (κ1) is 93.3. The normalized spacial score (nSPS) is 17.2. The summed E-state index contributed by atoms with van der Waals surface area (Å²) in [4.78, 5) is 84.3. The number of hydrogen-bond donors (Lipinski definition) is 6. The standard InChI is InChI=1S/C25H22FN3O3.C24H21FN4O3.2C23H25FN2O4S.2ClH/c1-14-24(19-12-17(26)7-9-22(19)29(14)13-23(30)31)16-10-18(11-16)27-25(32)21-8-6-15-4-2-3-5-20(15)28-21;1-13-22(18-11-16(25)5-7-20(18)29(13)12-21(30)31)15-9-17(10-15)27-24(32)19-6-4-14-3-2-8-26-23(14)28-19;1-15-3-6-19(7-4-15)31(29,30)25-11-9-17(10-12-25)23-16(2)26(14-22(27)28)21-8-5-18(24)13-20(21)23;1-15-5-8-19(9-6-15)31(29,30)25-11-3-4-17(13-25)23-16(2)26(14-22(27)28)21-10-7-18(24)12-20(21)23;;/h2-9,12,16,18H,10-11,13H2,1H3,(H,27,32)(H,30,31);2-8,11,15,17H,9-10,12H2,1H3,(H,27,32)(H,30,31);3-8,13,17H,9-12,14H2,1-2H3,(H,27,28);5-10,12,17H,3-4,11,13-14H2,1-2H3,(H,27,28);2*1H. The molecule has 9 heterocycles. The van der Waals surface area contributed by atoms with Crippen LogP contribution in [0.3, 0.4) is 0 Å². The van der Waals surface area contributed by atoms with Gasteiger partial charge in [0.2, 0.25) is 20.0 Å². The van der Waals surface area contributed by atoms with Gasteiger partial charge < -0.3 is 49.3 Å². The minimum Gasteiger partial charge on any atom is -0.480 e. The number of halogens is 6. The zero-order valence-electron chi connectivity index (χ0n) is 70.7. The third-order valence-corrected chi connectivity index (χ3v) is 28.6. The number of sulfonamides is 2. The third kappa shape index (κ3) is 19.5. The van der Waals surface area contributed by atoms with Crippen molar-refractivity contribution < 1.29 is 83.6 Å². The molecule has 0 spiro atoms. The van der Waals surface area contributed by atoms with Crippen LogP contribution in [0.2, 0.25) is 0 Å². The van der Waals surface area contributed by atoms with Gasteiger partial charge in [-0.15, -0.1) is 24.8 Å². The lowest BCUT2D eigenvalue weighted by atomic mass is 9.75. The Bertz CT molecular complexity index is 6680. The van der Waals surface area contributed by atoms with E-state index in [1.165, 1.54) is 57.1 Å². The maximum absolute atomic E-state index is 14.1. The lowest BCUT2D eigenvalue weighted by Gasteiger charge is -2.36. The summed E-state index contributed by atoms with van der Waals surface area (Å²) < 4.78 is 118. The molecule has 7 aromatic heterocycles. The van der Waals surface area contributed by atoms with Gasteiger partial charge in [-0.25, -0.2) is 49.3 Å². The molecular formula is C95H95Cl2F4N11O14S2. The van der Waals surface area contributed by atoms with Gasteiger partial charge in [-0.2, -0.15) is 8.61 Å². The van der Waals surface area contributed by atoms with Crippen LogP contribution in [0.5, 0.6) is 0 Å². The van der Waals surface area contributed by atoms with Crippen LogP contribution in [0.15, 0.2) is 198 Å². The summed E-state index contributed by atoms with van der Waals surface area (Å²) in [6.07, 6.45) is 7.07. The third-order valence-electron chi connectivity index (χ3n) is 24.8. The van der Waals surface area contributed by atoms with E-state index in [4.69, 9.17) is 0 Å². The molecule has 2 amide bonds. The van der Waals surface area contributed by atoms with E-state index < -0.39 is 49.7 Å². The van der Waals surface area contributed by atoms with Crippen LogP contribution < -0.4 is 10.6 Å². The number of rotatable bonds is 20. The Balaban J connectivity index is 0.000000145. The van der Waals surface area contributed by atoms with Crippen molar-refractivity contribution >= 4 is 146 Å². The lowest BCUT2D eigenvalue weighted by molar-refractivity contribution is -0.138. The Morgan fingerprint density at radius 3 is 1.16 bits per heavy atom. The van der Waals surface area contributed by atoms with E-state index in [2.05, 4.69) is 25.6 Å². The number of carbonyl (C=O) groups excluding carboxylic acids is 2. The second kappa shape index (κ2) is 38.7. The largest absolute Gasteiger partial charge is 0.480 e. The van der Waals surface area contributed by atoms with Gasteiger partial charge in [0.05, 0.1) is 15.3 Å². The maximum Gasteiger partial charge on any atom is 0.323 e. The molecule has 1 atom stereocenters. The highest BCUT2D eigenvalue weighted by molar-refractivity contribution is 7.89. The fraction of sp³-hybridized carbons (Fsp3) is 0.295. The smallest absolute Gasteiger partial charge is 0.323 e. The number of aromatic nitrogens is 7. The molecule has 4 aliphatic rings. The zero-order valence-corrected chi connectivity index (χ0v) is 74.0. The highest BCUT2D eigenvalue weighted by Crippen LogP contribution is 2.47. The predicted molar refractivity (Wildman–Crippen MR) is 483 cm³/mol. The van der Waals surface area contributed by atoms with Gasteiger partial charge in [0, 0.05) is 128 Å². The quantitative estimate of drug-likeness (QED) is 0.0386. The lowest BCUT2D eigenvalue weighted by Crippen LogP contribution is -2.43. The van der Waals surface area contributed by atoms with Crippen LogP contribution in [0.25, 0.3) is 65.5 Å². The number of carboxylic acids is 4. The molecule has 128 heavy (non-hydrogen) atoms. The monoisotopic (exact) mass is 1820 g/mol. The van der Waals surface area contributed by atoms with Gasteiger partial charge in [0.15, 0.2) is 5.65 Å². The Morgan fingerprint density at radius 1 is 0.398 bits per heavy atom. The van der Waals surface area contributed by atoms with Crippen molar-refractivity contribution in [2.24, 2.45) is 0 Å². The van der Waals surface area contributed by atoms with Crippen molar-refractivity contribution in [3.05, 3.63) is 279 Å². The molecule has 2 saturated carbocycles. The molecule has 4 fully saturated rings. The van der Waals surface area contributed by atoms with E-state index in [0.717, 1.165) is 89.6 Å². The van der Waals surface area contributed by atoms with Crippen LogP contribution in [-0.4, -0.2) is 153 Å². The van der Waals surface area contributed by atoms with Gasteiger partial charge in [-0.1, -0.05) is 59.7 Å². The van der Waals surface area contributed by atoms with Gasteiger partial charge in [-0.05, 0) is 266 Å². The number of pyridine rings is 3. The number of aryl methyl sites for hydroxylation is 2. The molecule has 7 aromatic carbocycles. The number of nitrogens with one attached hydrogen (secondary N) is 2. The fourth-order valence-corrected chi connectivity index (χ4v) is 21.6. The van der Waals surface area contributed by atoms with E-state index in [0.29, 0.717) is 114 Å². The van der Waals surface area contributed by atoms with Crippen molar-refractivity contribution in [3.8, 4) is 0 Å². The summed E-state index contributed by atoms with van der Waals surface area (Å²) in [6, 6.07) is 49.7. The zero-order chi connectivity index (χ0) is 89.5. The molecular weight excluding hydrogens is 1730 g/mol. The molecule has 14 aromatic rings. The molecule has 33 heteroatoms. The van der Waals surface area contributed by atoms with Gasteiger partial charge >= 0.3 is 23.9 Å². The summed E-state index contributed by atoms with van der Waals surface area (Å²) in [6.45, 7) is 11.9. The average molecular weight is 1830 g/mol. The van der Waals surface area contributed by atoms with E-state index in [1.54, 1.807) is 109 Å². The Kier molecular flexibility index (Phi) is 28.2. The molecule has 2 saturated heterocycles. The number of carboxylic acid groups (broad SMARTS) is 4. The number of hydrogen-bond acceptors (Lipinski definition) is 13. The highest BCUT2D eigenvalue weighted by atomic mass is 35.5. The maximum atomic E-state index is 14.1. The second-order valence-corrected chi connectivity index (χ2v) is 36.8. The highest BCUT2D eigenvalue weighted by Gasteiger charge is 2.40. The van der Waals surface area contributed by atoms with E-state index in [-0.39, 0.29) is 132 Å². The van der Waals surface area contributed by atoms with Crippen LogP contribution in [0.4, 0.5) is 17.6 Å². The summed E-state index contributed by atoms with van der Waals surface area (Å²) in [5.41, 5.74) is 13.6. The van der Waals surface area contributed by atoms with Crippen molar-refractivity contribution in [2.75, 3.05) is 26.2 Å². The Hall–Kier alpha value is -12.4. The molecule has 6 N–H and O–H groups in total. The van der Waals surface area contributed by atoms with Crippen LogP contribution in [-0.2, 0) is 65.4 Å². The van der Waals surface area contributed by atoms with Gasteiger partial charge in [0.25, 0.3) is 11.8 Å². The summed E-state index contributed by atoms with van der Waals surface area (Å²) in [5, 5.41) is 48.0. The number of para-hydroxylation sites is 1. The molecule has 0 radical (unpaired) electrons. The molecule has 0 bridgehead atoms.